The Balaban J connectivity index is 2.76. The molecule has 1 aliphatic rings. The maximum atomic E-state index is 5.37. The van der Waals surface area contributed by atoms with E-state index in [0.717, 1.165) is 6.42 Å². The van der Waals surface area contributed by atoms with Crippen molar-refractivity contribution < 1.29 is 0 Å². The zero-order valence-corrected chi connectivity index (χ0v) is 6.52. The van der Waals surface area contributed by atoms with Crippen molar-refractivity contribution in [3.8, 4) is 0 Å². The first-order chi connectivity index (χ1) is 4.66. The number of hydrazine groups is 1. The molecule has 0 saturated carbocycles. The SMILES string of the molecule is CC1=CC(C)(NN)CC=C1. The second-order valence-electron chi connectivity index (χ2n) is 3.06. The molecule has 0 amide bonds. The summed E-state index contributed by atoms with van der Waals surface area (Å²) in [6.45, 7) is 4.16. The Labute approximate surface area is 61.8 Å². The van der Waals surface area contributed by atoms with E-state index in [1.807, 2.05) is 0 Å². The molecule has 1 aliphatic carbocycles. The van der Waals surface area contributed by atoms with Gasteiger partial charge in [0.25, 0.3) is 0 Å². The molecule has 0 radical (unpaired) electrons. The van der Waals surface area contributed by atoms with Gasteiger partial charge in [-0.2, -0.15) is 0 Å². The molecule has 0 bridgehead atoms. The molecule has 0 aromatic heterocycles. The van der Waals surface area contributed by atoms with E-state index in [4.69, 9.17) is 5.84 Å². The Hall–Kier alpha value is -0.600. The summed E-state index contributed by atoms with van der Waals surface area (Å²) >= 11 is 0. The Morgan fingerprint density at radius 1 is 1.70 bits per heavy atom. The zero-order valence-electron chi connectivity index (χ0n) is 6.52. The molecule has 56 valence electrons. The predicted octanol–water partition coefficient (Wildman–Crippen LogP) is 1.11. The van der Waals surface area contributed by atoms with Gasteiger partial charge >= 0.3 is 0 Å². The summed E-state index contributed by atoms with van der Waals surface area (Å²) in [5.74, 6) is 5.37. The van der Waals surface area contributed by atoms with Crippen LogP contribution in [0, 0.1) is 0 Å². The third-order valence-electron chi connectivity index (χ3n) is 1.80. The van der Waals surface area contributed by atoms with Crippen LogP contribution in [0.15, 0.2) is 23.8 Å². The van der Waals surface area contributed by atoms with Gasteiger partial charge < -0.3 is 0 Å². The molecule has 2 nitrogen and oxygen atoms in total. The first-order valence-electron chi connectivity index (χ1n) is 3.50. The van der Waals surface area contributed by atoms with Crippen molar-refractivity contribution >= 4 is 0 Å². The van der Waals surface area contributed by atoms with E-state index in [2.05, 4.69) is 37.5 Å². The second kappa shape index (κ2) is 2.56. The van der Waals surface area contributed by atoms with Crippen LogP contribution in [-0.2, 0) is 0 Å². The number of rotatable bonds is 1. The molecule has 0 aromatic rings. The van der Waals surface area contributed by atoms with E-state index >= 15 is 0 Å². The van der Waals surface area contributed by atoms with Crippen LogP contribution < -0.4 is 11.3 Å². The minimum Gasteiger partial charge on any atom is -0.271 e. The lowest BCUT2D eigenvalue weighted by atomic mass is 9.91. The van der Waals surface area contributed by atoms with Crippen LogP contribution in [0.2, 0.25) is 0 Å². The first kappa shape index (κ1) is 7.51. The van der Waals surface area contributed by atoms with Gasteiger partial charge in [0.1, 0.15) is 0 Å². The van der Waals surface area contributed by atoms with Crippen LogP contribution in [-0.4, -0.2) is 5.54 Å². The summed E-state index contributed by atoms with van der Waals surface area (Å²) in [4.78, 5) is 0. The minimum absolute atomic E-state index is 0.0289. The molecule has 0 fully saturated rings. The van der Waals surface area contributed by atoms with Gasteiger partial charge in [-0.05, 0) is 20.3 Å². The van der Waals surface area contributed by atoms with Gasteiger partial charge in [0, 0.05) is 0 Å². The normalized spacial score (nSPS) is 32.1. The molecule has 0 spiro atoms. The van der Waals surface area contributed by atoms with Crippen LogP contribution in [0.5, 0.6) is 0 Å². The number of hydrogen-bond donors (Lipinski definition) is 2. The quantitative estimate of drug-likeness (QED) is 0.421. The van der Waals surface area contributed by atoms with Gasteiger partial charge in [-0.25, -0.2) is 0 Å². The lowest BCUT2D eigenvalue weighted by Gasteiger charge is -2.26. The molecule has 1 rings (SSSR count). The molecule has 2 heteroatoms. The topological polar surface area (TPSA) is 38.0 Å². The largest absolute Gasteiger partial charge is 0.271 e. The van der Waals surface area contributed by atoms with E-state index in [9.17, 15) is 0 Å². The highest BCUT2D eigenvalue weighted by Gasteiger charge is 2.19. The van der Waals surface area contributed by atoms with E-state index in [1.165, 1.54) is 5.57 Å². The molecule has 0 heterocycles. The summed E-state index contributed by atoms with van der Waals surface area (Å²) in [6.07, 6.45) is 7.36. The highest BCUT2D eigenvalue weighted by molar-refractivity contribution is 5.27. The average Bonchev–Trinajstić information content (AvgIpc) is 1.88. The fourth-order valence-electron chi connectivity index (χ4n) is 1.20. The first-order valence-corrected chi connectivity index (χ1v) is 3.50. The van der Waals surface area contributed by atoms with Gasteiger partial charge in [0.15, 0.2) is 0 Å². The predicted molar refractivity (Wildman–Crippen MR) is 43.2 cm³/mol. The third kappa shape index (κ3) is 1.46. The molecule has 1 atom stereocenters. The summed E-state index contributed by atoms with van der Waals surface area (Å²) in [5.41, 5.74) is 4.02. The average molecular weight is 138 g/mol. The van der Waals surface area contributed by atoms with Gasteiger partial charge in [0.2, 0.25) is 0 Å². The lowest BCUT2D eigenvalue weighted by molar-refractivity contribution is 0.448. The summed E-state index contributed by atoms with van der Waals surface area (Å²) in [7, 11) is 0. The highest BCUT2D eigenvalue weighted by Crippen LogP contribution is 2.19. The Kier molecular flexibility index (Phi) is 1.92. The fourth-order valence-corrected chi connectivity index (χ4v) is 1.20. The van der Waals surface area contributed by atoms with Crippen molar-refractivity contribution in [2.24, 2.45) is 5.84 Å². The lowest BCUT2D eigenvalue weighted by Crippen LogP contribution is -2.45. The number of nitrogens with one attached hydrogen (secondary N) is 1. The fraction of sp³-hybridized carbons (Fsp3) is 0.500. The maximum absolute atomic E-state index is 5.37. The summed E-state index contributed by atoms with van der Waals surface area (Å²) in [5, 5.41) is 0. The second-order valence-corrected chi connectivity index (χ2v) is 3.06. The third-order valence-corrected chi connectivity index (χ3v) is 1.80. The summed E-state index contributed by atoms with van der Waals surface area (Å²) < 4.78 is 0. The minimum atomic E-state index is -0.0289. The molecule has 1 unspecified atom stereocenters. The molecule has 0 aliphatic heterocycles. The standard InChI is InChI=1S/C8H14N2/c1-7-4-3-5-8(2,6-7)10-9/h3-4,6,10H,5,9H2,1-2H3. The molecule has 0 aromatic carbocycles. The van der Waals surface area contributed by atoms with Crippen molar-refractivity contribution in [2.75, 3.05) is 0 Å². The highest BCUT2D eigenvalue weighted by atomic mass is 15.3. The maximum Gasteiger partial charge on any atom is 0.0512 e. The molecular formula is C8H14N2. The number of hydrogen-bond acceptors (Lipinski definition) is 2. The van der Waals surface area contributed by atoms with E-state index in [1.54, 1.807) is 0 Å². The molecule has 10 heavy (non-hydrogen) atoms. The van der Waals surface area contributed by atoms with Gasteiger partial charge in [-0.1, -0.05) is 23.8 Å². The van der Waals surface area contributed by atoms with E-state index in [-0.39, 0.29) is 5.54 Å². The van der Waals surface area contributed by atoms with E-state index in [0.29, 0.717) is 0 Å². The van der Waals surface area contributed by atoms with Crippen LogP contribution in [0.4, 0.5) is 0 Å². The van der Waals surface area contributed by atoms with Crippen LogP contribution in [0.25, 0.3) is 0 Å². The molecule has 0 saturated heterocycles. The van der Waals surface area contributed by atoms with Crippen molar-refractivity contribution in [1.29, 1.82) is 0 Å². The summed E-state index contributed by atoms with van der Waals surface area (Å²) in [6, 6.07) is 0. The monoisotopic (exact) mass is 138 g/mol. The molecular weight excluding hydrogens is 124 g/mol. The zero-order chi connectivity index (χ0) is 7.61. The van der Waals surface area contributed by atoms with Crippen molar-refractivity contribution in [2.45, 2.75) is 25.8 Å². The Bertz CT molecular complexity index is 182. The smallest absolute Gasteiger partial charge is 0.0512 e. The van der Waals surface area contributed by atoms with Crippen LogP contribution in [0.3, 0.4) is 0 Å². The van der Waals surface area contributed by atoms with Crippen LogP contribution >= 0.6 is 0 Å². The Morgan fingerprint density at radius 2 is 2.40 bits per heavy atom. The van der Waals surface area contributed by atoms with Crippen LogP contribution in [0.1, 0.15) is 20.3 Å². The van der Waals surface area contributed by atoms with Crippen molar-refractivity contribution in [3.05, 3.63) is 23.8 Å². The Morgan fingerprint density at radius 3 is 2.80 bits per heavy atom. The number of nitrogens with two attached hydrogens (primary N) is 1. The van der Waals surface area contributed by atoms with Crippen molar-refractivity contribution in [1.82, 2.24) is 5.43 Å². The van der Waals surface area contributed by atoms with Gasteiger partial charge in [-0.15, -0.1) is 0 Å². The van der Waals surface area contributed by atoms with Gasteiger partial charge in [0.05, 0.1) is 5.54 Å². The van der Waals surface area contributed by atoms with Gasteiger partial charge in [-0.3, -0.25) is 11.3 Å². The number of allylic oxidation sites excluding steroid dienone is 2. The van der Waals surface area contributed by atoms with Crippen molar-refractivity contribution in [3.63, 3.8) is 0 Å². The molecule has 3 N–H and O–H groups in total. The van der Waals surface area contributed by atoms with E-state index < -0.39 is 0 Å².